The Balaban J connectivity index is 2.19. The molecule has 1 aromatic rings. The molecule has 0 radical (unpaired) electrons. The van der Waals surface area contributed by atoms with Crippen LogP contribution in [0, 0.1) is 21.1 Å². The summed E-state index contributed by atoms with van der Waals surface area (Å²) in [6.45, 7) is 6.11. The fourth-order valence-corrected chi connectivity index (χ4v) is 6.96. The zero-order valence-electron chi connectivity index (χ0n) is 24.1. The number of esters is 2. The van der Waals surface area contributed by atoms with E-state index >= 15 is 0 Å². The van der Waals surface area contributed by atoms with E-state index in [2.05, 4.69) is 29.8 Å². The molecule has 0 aliphatic carbocycles. The predicted octanol–water partition coefficient (Wildman–Crippen LogP) is -1.83. The summed E-state index contributed by atoms with van der Waals surface area (Å²) in [5.41, 5.74) is 5.99. The quantitative estimate of drug-likeness (QED) is 0.0575. The van der Waals surface area contributed by atoms with Gasteiger partial charge in [0.15, 0.2) is 0 Å². The summed E-state index contributed by atoms with van der Waals surface area (Å²) >= 11 is -1.60. The number of likely N-dealkylation sites (tertiary alicyclic amines) is 1. The number of alkyl halides is 1. The Morgan fingerprint density at radius 2 is 1.79 bits per heavy atom. The maximum atomic E-state index is 13.9. The van der Waals surface area contributed by atoms with Gasteiger partial charge in [0.05, 0.1) is 0 Å². The number of hydrogen-bond donors (Lipinski definition) is 4. The van der Waals surface area contributed by atoms with Crippen molar-refractivity contribution in [1.29, 1.82) is 0 Å². The van der Waals surface area contributed by atoms with Crippen LogP contribution in [0.15, 0.2) is 18.2 Å². The molecule has 5 unspecified atom stereocenters. The first kappa shape index (κ1) is 35.1. The molecule has 1 aromatic carbocycles. The first-order chi connectivity index (χ1) is 19.9. The number of carbonyl (C=O) groups is 5. The van der Waals surface area contributed by atoms with Crippen molar-refractivity contribution in [2.45, 2.75) is 75.2 Å². The number of hydrogen-bond acceptors (Lipinski definition) is 8. The molecule has 1 heterocycles. The van der Waals surface area contributed by atoms with E-state index in [-0.39, 0.29) is 9.48 Å². The number of methoxy groups -OCH3 is 1. The van der Waals surface area contributed by atoms with Crippen LogP contribution in [0.3, 0.4) is 0 Å². The van der Waals surface area contributed by atoms with Gasteiger partial charge in [0.1, 0.15) is 0 Å². The molecule has 1 aliphatic rings. The number of nitrogens with zero attached hydrogens (tertiary/aromatic N) is 1. The zero-order chi connectivity index (χ0) is 31.4. The van der Waals surface area contributed by atoms with Crippen LogP contribution in [0.1, 0.15) is 52.9 Å². The number of benzene rings is 1. The molecule has 0 saturated carbocycles. The molecule has 1 fully saturated rings. The van der Waals surface area contributed by atoms with Crippen LogP contribution in [-0.2, 0) is 28.7 Å². The summed E-state index contributed by atoms with van der Waals surface area (Å²) in [6, 6.07) is -0.486. The van der Waals surface area contributed by atoms with Gasteiger partial charge < -0.3 is 0 Å². The van der Waals surface area contributed by atoms with E-state index in [4.69, 9.17) is 15.2 Å². The van der Waals surface area contributed by atoms with Crippen molar-refractivity contribution in [3.05, 3.63) is 33.4 Å². The van der Waals surface area contributed by atoms with Crippen LogP contribution in [-0.4, -0.2) is 77.2 Å². The number of nitrogens with two attached hydrogens (primary N) is 1. The molecule has 1 saturated heterocycles. The van der Waals surface area contributed by atoms with Gasteiger partial charge in [-0.2, -0.15) is 0 Å². The Labute approximate surface area is 254 Å². The Bertz CT molecular complexity index is 1110. The van der Waals surface area contributed by atoms with Crippen molar-refractivity contribution in [1.82, 2.24) is 20.9 Å². The molecular weight excluding hydrogens is 671 g/mol. The van der Waals surface area contributed by atoms with Crippen LogP contribution in [0.4, 0.5) is 13.6 Å². The second kappa shape index (κ2) is 17.1. The zero-order valence-corrected chi connectivity index (χ0v) is 26.2. The number of carbonyl (C=O) groups excluding carboxylic acids is 5. The third-order valence-electron chi connectivity index (χ3n) is 6.52. The fourth-order valence-electron chi connectivity index (χ4n) is 4.38. The van der Waals surface area contributed by atoms with Gasteiger partial charge in [-0.15, -0.1) is 0 Å². The summed E-state index contributed by atoms with van der Waals surface area (Å²) in [6.07, 6.45) is 1.89. The van der Waals surface area contributed by atoms with E-state index in [9.17, 15) is 32.8 Å². The van der Waals surface area contributed by atoms with E-state index < -0.39 is 79.1 Å². The van der Waals surface area contributed by atoms with Gasteiger partial charge in [-0.3, -0.25) is 0 Å². The standard InChI is InChI=1S/C27H39F2IN5O7/c1-5-7-15(2)9-10-32-27(40)34-22(30-19-13-17(28)12-18(29)14-19)24(37)33-21(26(39)41-4)23(31)42-25(38)20-8-6-11-35(20)16(3)36/h12-15,20-23H,5-11,31H2,1-4H3,(H,33,37)(H2,32,34,40)/q-1. The number of amides is 4. The topological polar surface area (TPSA) is 169 Å². The molecule has 0 spiro atoms. The van der Waals surface area contributed by atoms with E-state index in [0.29, 0.717) is 44.3 Å². The molecule has 5 atom stereocenters. The second-order valence-corrected chi connectivity index (χ2v) is 13.0. The molecule has 236 valence electrons. The summed E-state index contributed by atoms with van der Waals surface area (Å²) in [7, 11) is 1.04. The average molecular weight is 711 g/mol. The SMILES string of the molecule is CCCC(C)CCNC(=O)NC([I-]c1cc(F)cc(F)c1)C(=O)NC(C(=O)OC)C(N)OC(=O)C1CCCN1C(C)=O. The van der Waals surface area contributed by atoms with Gasteiger partial charge in [0.2, 0.25) is 0 Å². The molecule has 0 aromatic heterocycles. The summed E-state index contributed by atoms with van der Waals surface area (Å²) in [4.78, 5) is 64.5. The number of halogens is 3. The number of rotatable bonds is 14. The monoisotopic (exact) mass is 710 g/mol. The van der Waals surface area contributed by atoms with Crippen LogP contribution >= 0.6 is 0 Å². The Morgan fingerprint density at radius 3 is 2.38 bits per heavy atom. The van der Waals surface area contributed by atoms with E-state index in [0.717, 1.165) is 32.1 Å². The van der Waals surface area contributed by atoms with E-state index in [1.807, 2.05) is 0 Å². The molecule has 2 rings (SSSR count). The third kappa shape index (κ3) is 11.0. The average Bonchev–Trinajstić information content (AvgIpc) is 3.41. The van der Waals surface area contributed by atoms with Crippen molar-refractivity contribution >= 4 is 29.8 Å². The molecular formula is C27H39F2IN5O7-. The molecule has 12 nitrogen and oxygen atoms in total. The first-order valence-electron chi connectivity index (χ1n) is 13.6. The van der Waals surface area contributed by atoms with Gasteiger partial charge in [0, 0.05) is 0 Å². The first-order valence-corrected chi connectivity index (χ1v) is 15.9. The minimum atomic E-state index is -1.71. The molecule has 0 bridgehead atoms. The summed E-state index contributed by atoms with van der Waals surface area (Å²) < 4.78 is 36.6. The molecule has 4 amide bonds. The molecule has 1 aliphatic heterocycles. The van der Waals surface area contributed by atoms with Crippen LogP contribution < -0.4 is 42.9 Å². The van der Waals surface area contributed by atoms with Gasteiger partial charge >= 0.3 is 255 Å². The minimum absolute atomic E-state index is 0.166. The van der Waals surface area contributed by atoms with Crippen molar-refractivity contribution in [2.24, 2.45) is 11.7 Å². The number of ether oxygens (including phenoxy) is 2. The predicted molar refractivity (Wildman–Crippen MR) is 142 cm³/mol. The molecule has 15 heteroatoms. The van der Waals surface area contributed by atoms with Gasteiger partial charge in [-0.1, -0.05) is 0 Å². The van der Waals surface area contributed by atoms with Crippen LogP contribution in [0.25, 0.3) is 0 Å². The van der Waals surface area contributed by atoms with E-state index in [1.165, 1.54) is 11.8 Å². The Kier molecular flexibility index (Phi) is 14.3. The fraction of sp³-hybridized carbons (Fsp3) is 0.593. The van der Waals surface area contributed by atoms with Crippen LogP contribution in [0.5, 0.6) is 0 Å². The van der Waals surface area contributed by atoms with Gasteiger partial charge in [-0.05, 0) is 0 Å². The summed E-state index contributed by atoms with van der Waals surface area (Å²) in [5.74, 6) is -4.47. The molecule has 5 N–H and O–H groups in total. The van der Waals surface area contributed by atoms with Gasteiger partial charge in [0.25, 0.3) is 0 Å². The van der Waals surface area contributed by atoms with Gasteiger partial charge in [-0.25, -0.2) is 0 Å². The molecule has 42 heavy (non-hydrogen) atoms. The normalized spacial score (nSPS) is 17.5. The maximum absolute atomic E-state index is 13.9. The number of urea groups is 1. The number of nitrogens with one attached hydrogen (secondary N) is 3. The van der Waals surface area contributed by atoms with Crippen LogP contribution in [0.2, 0.25) is 0 Å². The van der Waals surface area contributed by atoms with Crippen molar-refractivity contribution < 1.29 is 63.4 Å². The second-order valence-electron chi connectivity index (χ2n) is 9.92. The Hall–Kier alpha value is -3.08. The van der Waals surface area contributed by atoms with Crippen molar-refractivity contribution in [2.75, 3.05) is 20.2 Å². The van der Waals surface area contributed by atoms with E-state index in [1.54, 1.807) is 0 Å². The third-order valence-corrected chi connectivity index (χ3v) is 9.36. The van der Waals surface area contributed by atoms with Crippen molar-refractivity contribution in [3.63, 3.8) is 0 Å². The Morgan fingerprint density at radius 1 is 1.12 bits per heavy atom. The van der Waals surface area contributed by atoms with Crippen molar-refractivity contribution in [3.8, 4) is 0 Å². The summed E-state index contributed by atoms with van der Waals surface area (Å²) in [5, 5.41) is 7.52.